The van der Waals surface area contributed by atoms with Gasteiger partial charge in [-0.25, -0.2) is 0 Å². The minimum absolute atomic E-state index is 0.400. The van der Waals surface area contributed by atoms with E-state index in [9.17, 15) is 4.57 Å². The smallest absolute Gasteiger partial charge is 0.330 e. The molecular weight excluding hydrogens is 325 g/mol. The number of pyridine rings is 1. The summed E-state index contributed by atoms with van der Waals surface area (Å²) in [6, 6.07) is 10.2. The Balaban J connectivity index is 2.17. The van der Waals surface area contributed by atoms with Crippen LogP contribution in [-0.4, -0.2) is 26.5 Å². The van der Waals surface area contributed by atoms with Gasteiger partial charge >= 0.3 is 7.60 Å². The van der Waals surface area contributed by atoms with Gasteiger partial charge in [-0.15, -0.1) is 0 Å². The van der Waals surface area contributed by atoms with Crippen molar-refractivity contribution in [2.24, 2.45) is 0 Å². The van der Waals surface area contributed by atoms with Crippen LogP contribution in [-0.2, 0) is 20.2 Å². The standard InChI is InChI=1S/C18H27NO4P/c1-5-22-24(20,23-6-2)13-7-12-19-15(3)8-9-16-14-17(21-4)10-11-18(16)19/h8-11,14H,5-7,12-13H2,1-4H3/q+1. The Bertz CT molecular complexity index is 722. The predicted octanol–water partition coefficient (Wildman–Crippen LogP) is 4.10. The van der Waals surface area contributed by atoms with Crippen molar-refractivity contribution >= 4 is 18.5 Å². The molecule has 1 heterocycles. The second-order valence-electron chi connectivity index (χ2n) is 5.57. The quantitative estimate of drug-likeness (QED) is 0.504. The Morgan fingerprint density at radius 1 is 1.08 bits per heavy atom. The molecule has 0 saturated carbocycles. The van der Waals surface area contributed by atoms with Gasteiger partial charge in [0.25, 0.3) is 0 Å². The van der Waals surface area contributed by atoms with E-state index in [0.29, 0.717) is 19.4 Å². The summed E-state index contributed by atoms with van der Waals surface area (Å²) in [6.07, 6.45) is 1.15. The predicted molar refractivity (Wildman–Crippen MR) is 95.8 cm³/mol. The molecule has 0 atom stereocenters. The Kier molecular flexibility index (Phi) is 6.79. The van der Waals surface area contributed by atoms with E-state index in [2.05, 4.69) is 29.7 Å². The van der Waals surface area contributed by atoms with Crippen LogP contribution < -0.4 is 9.30 Å². The number of nitrogens with zero attached hydrogens (tertiary/aromatic N) is 1. The van der Waals surface area contributed by atoms with Crippen molar-refractivity contribution in [2.45, 2.75) is 33.7 Å². The number of hydrogen-bond acceptors (Lipinski definition) is 4. The summed E-state index contributed by atoms with van der Waals surface area (Å²) < 4.78 is 30.8. The monoisotopic (exact) mass is 352 g/mol. The van der Waals surface area contributed by atoms with Gasteiger partial charge in [0.15, 0.2) is 5.69 Å². The molecule has 0 spiro atoms. The van der Waals surface area contributed by atoms with Crippen molar-refractivity contribution in [3.8, 4) is 5.75 Å². The fourth-order valence-corrected chi connectivity index (χ4v) is 4.46. The minimum Gasteiger partial charge on any atom is -0.497 e. The summed E-state index contributed by atoms with van der Waals surface area (Å²) >= 11 is 0. The van der Waals surface area contributed by atoms with Crippen LogP contribution in [0.1, 0.15) is 26.0 Å². The van der Waals surface area contributed by atoms with Crippen molar-refractivity contribution in [1.82, 2.24) is 0 Å². The minimum atomic E-state index is -2.98. The highest BCUT2D eigenvalue weighted by molar-refractivity contribution is 7.53. The third-order valence-electron chi connectivity index (χ3n) is 3.92. The van der Waals surface area contributed by atoms with Gasteiger partial charge in [-0.2, -0.15) is 4.57 Å². The highest BCUT2D eigenvalue weighted by Crippen LogP contribution is 2.48. The average Bonchev–Trinajstić information content (AvgIpc) is 2.57. The fourth-order valence-electron chi connectivity index (χ4n) is 2.81. The maximum Gasteiger partial charge on any atom is 0.330 e. The molecule has 5 nitrogen and oxygen atoms in total. The van der Waals surface area contributed by atoms with E-state index in [0.717, 1.165) is 35.3 Å². The van der Waals surface area contributed by atoms with Crippen LogP contribution >= 0.6 is 7.60 Å². The second kappa shape index (κ2) is 8.61. The van der Waals surface area contributed by atoms with Crippen LogP contribution in [0, 0.1) is 6.92 Å². The lowest BCUT2D eigenvalue weighted by atomic mass is 10.1. The SMILES string of the molecule is CCOP(=O)(CCC[n+]1c(C)ccc2cc(OC)ccc21)OCC. The lowest BCUT2D eigenvalue weighted by Gasteiger charge is -2.16. The maximum absolute atomic E-state index is 12.6. The van der Waals surface area contributed by atoms with Gasteiger partial charge in [0.2, 0.25) is 5.52 Å². The molecule has 1 aromatic carbocycles. The topological polar surface area (TPSA) is 48.6 Å². The lowest BCUT2D eigenvalue weighted by molar-refractivity contribution is -0.677. The molecule has 132 valence electrons. The third-order valence-corrected chi connectivity index (χ3v) is 6.09. The van der Waals surface area contributed by atoms with Crippen LogP contribution in [0.5, 0.6) is 5.75 Å². The van der Waals surface area contributed by atoms with Crippen LogP contribution in [0.2, 0.25) is 0 Å². The normalized spacial score (nSPS) is 11.8. The molecule has 0 bridgehead atoms. The van der Waals surface area contributed by atoms with Gasteiger partial charge < -0.3 is 13.8 Å². The van der Waals surface area contributed by atoms with Crippen LogP contribution in [0.25, 0.3) is 10.9 Å². The zero-order valence-corrected chi connectivity index (χ0v) is 15.8. The van der Waals surface area contributed by atoms with Gasteiger partial charge in [-0.1, -0.05) is 0 Å². The molecule has 0 radical (unpaired) electrons. The van der Waals surface area contributed by atoms with Crippen LogP contribution in [0.4, 0.5) is 0 Å². The van der Waals surface area contributed by atoms with Crippen molar-refractivity contribution < 1.29 is 22.9 Å². The van der Waals surface area contributed by atoms with Crippen molar-refractivity contribution in [1.29, 1.82) is 0 Å². The number of aromatic nitrogens is 1. The highest BCUT2D eigenvalue weighted by atomic mass is 31.2. The molecule has 24 heavy (non-hydrogen) atoms. The molecule has 0 fully saturated rings. The largest absolute Gasteiger partial charge is 0.497 e. The molecule has 0 aliphatic carbocycles. The van der Waals surface area contributed by atoms with E-state index in [1.165, 1.54) is 0 Å². The Hall–Kier alpha value is -1.42. The van der Waals surface area contributed by atoms with Crippen LogP contribution in [0.3, 0.4) is 0 Å². The number of fused-ring (bicyclic) bond motifs is 1. The number of ether oxygens (including phenoxy) is 1. The van der Waals surface area contributed by atoms with Gasteiger partial charge in [-0.3, -0.25) is 4.57 Å². The number of aryl methyl sites for hydroxylation is 2. The molecule has 0 aliphatic rings. The zero-order valence-electron chi connectivity index (χ0n) is 14.9. The maximum atomic E-state index is 12.6. The molecule has 2 rings (SSSR count). The van der Waals surface area contributed by atoms with Gasteiger partial charge in [0.05, 0.1) is 31.9 Å². The Morgan fingerprint density at radius 3 is 2.42 bits per heavy atom. The average molecular weight is 352 g/mol. The Labute approximate surface area is 144 Å². The van der Waals surface area contributed by atoms with Crippen molar-refractivity contribution in [2.75, 3.05) is 26.5 Å². The molecular formula is C18H27NO4P+. The number of hydrogen-bond donors (Lipinski definition) is 0. The van der Waals surface area contributed by atoms with E-state index in [4.69, 9.17) is 13.8 Å². The number of rotatable bonds is 9. The Morgan fingerprint density at radius 2 is 1.79 bits per heavy atom. The molecule has 0 amide bonds. The van der Waals surface area contributed by atoms with E-state index < -0.39 is 7.60 Å². The van der Waals surface area contributed by atoms with Crippen LogP contribution in [0.15, 0.2) is 30.3 Å². The summed E-state index contributed by atoms with van der Waals surface area (Å²) in [4.78, 5) is 0. The summed E-state index contributed by atoms with van der Waals surface area (Å²) in [7, 11) is -1.31. The van der Waals surface area contributed by atoms with E-state index in [1.54, 1.807) is 7.11 Å². The molecule has 1 aromatic heterocycles. The fraction of sp³-hybridized carbons (Fsp3) is 0.500. The molecule has 0 unspecified atom stereocenters. The van der Waals surface area contributed by atoms with E-state index in [-0.39, 0.29) is 0 Å². The number of methoxy groups -OCH3 is 1. The van der Waals surface area contributed by atoms with Crippen molar-refractivity contribution in [3.05, 3.63) is 36.0 Å². The first-order valence-corrected chi connectivity index (χ1v) is 10.1. The van der Waals surface area contributed by atoms with Crippen molar-refractivity contribution in [3.63, 3.8) is 0 Å². The summed E-state index contributed by atoms with van der Waals surface area (Å²) in [5, 5.41) is 1.12. The molecule has 0 N–H and O–H groups in total. The van der Waals surface area contributed by atoms with Gasteiger partial charge in [-0.05, 0) is 32.0 Å². The number of benzene rings is 1. The molecule has 6 heteroatoms. The second-order valence-corrected chi connectivity index (χ2v) is 7.76. The molecule has 0 aliphatic heterocycles. The first-order chi connectivity index (χ1) is 11.5. The van der Waals surface area contributed by atoms with E-state index in [1.807, 2.05) is 26.0 Å². The third kappa shape index (κ3) is 4.56. The molecule has 0 saturated heterocycles. The zero-order chi connectivity index (χ0) is 17.6. The van der Waals surface area contributed by atoms with Gasteiger partial charge in [0.1, 0.15) is 12.3 Å². The first-order valence-electron chi connectivity index (χ1n) is 8.38. The summed E-state index contributed by atoms with van der Waals surface area (Å²) in [6.45, 7) is 7.31. The summed E-state index contributed by atoms with van der Waals surface area (Å²) in [5.41, 5.74) is 2.30. The first kappa shape index (κ1) is 18.9. The highest BCUT2D eigenvalue weighted by Gasteiger charge is 2.24. The van der Waals surface area contributed by atoms with E-state index >= 15 is 0 Å². The van der Waals surface area contributed by atoms with Gasteiger partial charge in [0, 0.05) is 25.5 Å². The molecule has 2 aromatic rings. The summed E-state index contributed by atoms with van der Waals surface area (Å²) in [5.74, 6) is 0.843. The lowest BCUT2D eigenvalue weighted by Crippen LogP contribution is -2.38.